The van der Waals surface area contributed by atoms with Crippen molar-refractivity contribution in [3.63, 3.8) is 0 Å². The molecule has 7 heteroatoms. The van der Waals surface area contributed by atoms with Gasteiger partial charge in [0.05, 0.1) is 22.9 Å². The molecule has 3 rings (SSSR count). The van der Waals surface area contributed by atoms with Gasteiger partial charge in [-0.05, 0) is 44.0 Å². The van der Waals surface area contributed by atoms with Gasteiger partial charge in [0, 0.05) is 11.9 Å². The van der Waals surface area contributed by atoms with E-state index in [1.54, 1.807) is 13.1 Å². The molecule has 1 aliphatic rings. The van der Waals surface area contributed by atoms with Crippen molar-refractivity contribution >= 4 is 23.2 Å². The van der Waals surface area contributed by atoms with Crippen LogP contribution in [0, 0.1) is 28.1 Å². The zero-order chi connectivity index (χ0) is 20.7. The van der Waals surface area contributed by atoms with Gasteiger partial charge in [0.15, 0.2) is 5.96 Å². The number of thiophene rings is 1. The Labute approximate surface area is 168 Å². The molecule has 0 radical (unpaired) electrons. The van der Waals surface area contributed by atoms with Gasteiger partial charge >= 0.3 is 0 Å². The van der Waals surface area contributed by atoms with E-state index in [2.05, 4.69) is 17.5 Å². The number of benzene rings is 1. The van der Waals surface area contributed by atoms with Gasteiger partial charge in [0.1, 0.15) is 10.9 Å². The molecule has 0 spiro atoms. The summed E-state index contributed by atoms with van der Waals surface area (Å²) in [5.41, 5.74) is 0.196. The molecule has 2 atom stereocenters. The first-order valence-electron chi connectivity index (χ1n) is 8.80. The lowest BCUT2D eigenvalue weighted by Crippen LogP contribution is -2.62. The van der Waals surface area contributed by atoms with Crippen LogP contribution in [-0.2, 0) is 15.7 Å². The number of nitrogens with zero attached hydrogens (tertiary/aromatic N) is 3. The van der Waals surface area contributed by atoms with Crippen molar-refractivity contribution in [1.82, 2.24) is 10.2 Å². The summed E-state index contributed by atoms with van der Waals surface area (Å²) in [6, 6.07) is 15.5. The molecule has 1 amide bonds. The van der Waals surface area contributed by atoms with Crippen LogP contribution in [0.25, 0.3) is 0 Å². The van der Waals surface area contributed by atoms with Gasteiger partial charge in [0.2, 0.25) is 5.91 Å². The van der Waals surface area contributed by atoms with E-state index in [1.807, 2.05) is 51.1 Å². The first-order valence-corrected chi connectivity index (χ1v) is 9.62. The van der Waals surface area contributed by atoms with Gasteiger partial charge < -0.3 is 5.32 Å². The van der Waals surface area contributed by atoms with Crippen LogP contribution in [-0.4, -0.2) is 23.8 Å². The van der Waals surface area contributed by atoms with E-state index in [4.69, 9.17) is 5.41 Å². The van der Waals surface area contributed by atoms with E-state index in [-0.39, 0.29) is 11.9 Å². The van der Waals surface area contributed by atoms with Crippen LogP contribution in [0.3, 0.4) is 0 Å². The number of amides is 1. The summed E-state index contributed by atoms with van der Waals surface area (Å²) in [6.07, 6.45) is 0. The van der Waals surface area contributed by atoms with Crippen molar-refractivity contribution in [3.8, 4) is 12.1 Å². The minimum Gasteiger partial charge on any atom is -0.345 e. The Morgan fingerprint density at radius 3 is 2.39 bits per heavy atom. The van der Waals surface area contributed by atoms with Gasteiger partial charge in [-0.1, -0.05) is 24.3 Å². The van der Waals surface area contributed by atoms with Crippen molar-refractivity contribution < 1.29 is 4.79 Å². The summed E-state index contributed by atoms with van der Waals surface area (Å²) in [6.45, 7) is 5.59. The molecule has 6 nitrogen and oxygen atoms in total. The Morgan fingerprint density at radius 1 is 1.21 bits per heavy atom. The third-order valence-electron chi connectivity index (χ3n) is 5.34. The number of rotatable bonds is 3. The zero-order valence-corrected chi connectivity index (χ0v) is 17.0. The second-order valence-corrected chi connectivity index (χ2v) is 8.72. The van der Waals surface area contributed by atoms with Crippen LogP contribution in [0.1, 0.15) is 47.6 Å². The van der Waals surface area contributed by atoms with Crippen molar-refractivity contribution in [2.45, 2.75) is 37.6 Å². The molecule has 1 saturated heterocycles. The molecule has 2 heterocycles. The van der Waals surface area contributed by atoms with E-state index >= 15 is 0 Å². The average molecular weight is 392 g/mol. The predicted octanol–water partition coefficient (Wildman–Crippen LogP) is 3.42. The SMILES string of the molecule is CN1C(=N)N[C@](C)(c2ccc(C#N)s2)[C@H](c2ccc(C(C)(C)C#N)cc2)C1=O. The maximum absolute atomic E-state index is 13.2. The Kier molecular flexibility index (Phi) is 4.74. The second-order valence-electron chi connectivity index (χ2n) is 7.64. The van der Waals surface area contributed by atoms with Crippen LogP contribution >= 0.6 is 11.3 Å². The molecule has 0 unspecified atom stereocenters. The molecule has 0 bridgehead atoms. The van der Waals surface area contributed by atoms with E-state index in [1.165, 1.54) is 16.2 Å². The molecule has 1 aromatic heterocycles. The lowest BCUT2D eigenvalue weighted by atomic mass is 9.76. The normalized spacial score (nSPS) is 22.4. The highest BCUT2D eigenvalue weighted by atomic mass is 32.1. The summed E-state index contributed by atoms with van der Waals surface area (Å²) in [5, 5.41) is 29.9. The van der Waals surface area contributed by atoms with Gasteiger partial charge in [0.25, 0.3) is 0 Å². The Balaban J connectivity index is 2.11. The fourth-order valence-corrected chi connectivity index (χ4v) is 4.40. The Morgan fingerprint density at radius 2 is 1.86 bits per heavy atom. The monoisotopic (exact) mass is 391 g/mol. The molecule has 0 aliphatic carbocycles. The summed E-state index contributed by atoms with van der Waals surface area (Å²) in [4.78, 5) is 15.9. The standard InChI is InChI=1S/C21H21N5OS/c1-20(2,12-23)14-7-5-13(6-8-14)17-18(27)26(4)19(24)25-21(17,3)16-10-9-15(11-22)28-16/h5-10,17H,1-4H3,(H2,24,25)/t17-,21-/m1/s1. The van der Waals surface area contributed by atoms with Crippen molar-refractivity contribution in [1.29, 1.82) is 15.9 Å². The minimum atomic E-state index is -0.854. The molecule has 1 fully saturated rings. The minimum absolute atomic E-state index is 0.0258. The number of hydrogen-bond donors (Lipinski definition) is 2. The van der Waals surface area contributed by atoms with Crippen LogP contribution in [0.5, 0.6) is 0 Å². The number of nitriles is 2. The molecule has 28 heavy (non-hydrogen) atoms. The highest BCUT2D eigenvalue weighted by Crippen LogP contribution is 2.43. The van der Waals surface area contributed by atoms with Crippen molar-refractivity contribution in [2.75, 3.05) is 7.05 Å². The van der Waals surface area contributed by atoms with Crippen molar-refractivity contribution in [2.24, 2.45) is 0 Å². The molecular formula is C21H21N5OS. The van der Waals surface area contributed by atoms with Gasteiger partial charge in [-0.15, -0.1) is 11.3 Å². The highest BCUT2D eigenvalue weighted by Gasteiger charge is 2.49. The summed E-state index contributed by atoms with van der Waals surface area (Å²) in [7, 11) is 1.58. The molecular weight excluding hydrogens is 370 g/mol. The van der Waals surface area contributed by atoms with Crippen LogP contribution in [0.15, 0.2) is 36.4 Å². The van der Waals surface area contributed by atoms with Gasteiger partial charge in [-0.25, -0.2) is 0 Å². The second kappa shape index (κ2) is 6.78. The first-order chi connectivity index (χ1) is 13.1. The topological polar surface area (TPSA) is 104 Å². The number of likely N-dealkylation sites (N-methyl/N-ethyl adjacent to an activating group) is 1. The van der Waals surface area contributed by atoms with Crippen LogP contribution in [0.4, 0.5) is 0 Å². The predicted molar refractivity (Wildman–Crippen MR) is 108 cm³/mol. The van der Waals surface area contributed by atoms with Gasteiger partial charge in [-0.3, -0.25) is 15.1 Å². The number of carbonyl (C=O) groups is 1. The number of nitrogens with one attached hydrogen (secondary N) is 2. The largest absolute Gasteiger partial charge is 0.345 e. The molecule has 2 N–H and O–H groups in total. The van der Waals surface area contributed by atoms with Gasteiger partial charge in [-0.2, -0.15) is 10.5 Å². The Hall–Kier alpha value is -3.16. The van der Waals surface area contributed by atoms with Crippen molar-refractivity contribution in [3.05, 3.63) is 57.3 Å². The third kappa shape index (κ3) is 3.04. The van der Waals surface area contributed by atoms with E-state index in [0.717, 1.165) is 16.0 Å². The summed E-state index contributed by atoms with van der Waals surface area (Å²) in [5.74, 6) is -0.737. The van der Waals surface area contributed by atoms with E-state index < -0.39 is 16.9 Å². The smallest absolute Gasteiger partial charge is 0.239 e. The van der Waals surface area contributed by atoms with E-state index in [9.17, 15) is 15.3 Å². The summed E-state index contributed by atoms with van der Waals surface area (Å²) < 4.78 is 0. The van der Waals surface area contributed by atoms with Crippen LogP contribution < -0.4 is 5.32 Å². The maximum Gasteiger partial charge on any atom is 0.239 e. The summed E-state index contributed by atoms with van der Waals surface area (Å²) >= 11 is 1.32. The fourth-order valence-electron chi connectivity index (χ4n) is 3.47. The van der Waals surface area contributed by atoms with E-state index in [0.29, 0.717) is 4.88 Å². The van der Waals surface area contributed by atoms with Crippen LogP contribution in [0.2, 0.25) is 0 Å². The maximum atomic E-state index is 13.2. The fraction of sp³-hybridized carbons (Fsp3) is 0.333. The highest BCUT2D eigenvalue weighted by molar-refractivity contribution is 7.12. The quantitative estimate of drug-likeness (QED) is 0.836. The third-order valence-corrected chi connectivity index (χ3v) is 6.57. The molecule has 142 valence electrons. The Bertz CT molecular complexity index is 1020. The number of hydrogen-bond acceptors (Lipinski definition) is 5. The average Bonchev–Trinajstić information content (AvgIpc) is 3.17. The number of guanidine groups is 1. The zero-order valence-electron chi connectivity index (χ0n) is 16.2. The number of carbonyl (C=O) groups excluding carboxylic acids is 1. The molecule has 1 aromatic carbocycles. The molecule has 0 saturated carbocycles. The lowest BCUT2D eigenvalue weighted by Gasteiger charge is -2.45. The first kappa shape index (κ1) is 19.6. The molecule has 1 aliphatic heterocycles. The molecule has 2 aromatic rings. The lowest BCUT2D eigenvalue weighted by molar-refractivity contribution is -0.131.